The predicted molar refractivity (Wildman–Crippen MR) is 105 cm³/mol. The molecule has 0 unspecified atom stereocenters. The Kier molecular flexibility index (Phi) is 5.26. The maximum atomic E-state index is 12.4. The van der Waals surface area contributed by atoms with Crippen LogP contribution in [0.3, 0.4) is 0 Å². The second kappa shape index (κ2) is 7.78. The Morgan fingerprint density at radius 2 is 1.78 bits per heavy atom. The van der Waals surface area contributed by atoms with Crippen LogP contribution >= 0.6 is 0 Å². The van der Waals surface area contributed by atoms with Gasteiger partial charge in [0.25, 0.3) is 5.91 Å². The highest BCUT2D eigenvalue weighted by molar-refractivity contribution is 6.01. The summed E-state index contributed by atoms with van der Waals surface area (Å²) in [6, 6.07) is 14.3. The van der Waals surface area contributed by atoms with Crippen molar-refractivity contribution < 1.29 is 19.4 Å². The van der Waals surface area contributed by atoms with Gasteiger partial charge in [-0.15, -0.1) is 0 Å². The molecule has 0 heterocycles. The summed E-state index contributed by atoms with van der Waals surface area (Å²) < 4.78 is 10.7. The highest BCUT2D eigenvalue weighted by Gasteiger charge is 2.13. The van der Waals surface area contributed by atoms with E-state index in [0.717, 1.165) is 16.3 Å². The number of nitrogens with zero attached hydrogens (tertiary/aromatic N) is 1. The van der Waals surface area contributed by atoms with Gasteiger partial charge in [0.2, 0.25) is 0 Å². The van der Waals surface area contributed by atoms with Crippen molar-refractivity contribution in [2.75, 3.05) is 14.2 Å². The zero-order valence-corrected chi connectivity index (χ0v) is 15.3. The number of benzene rings is 3. The number of phenols is 1. The number of aromatic hydroxyl groups is 1. The van der Waals surface area contributed by atoms with Gasteiger partial charge in [-0.25, -0.2) is 5.43 Å². The molecule has 138 valence electrons. The number of rotatable bonds is 5. The molecule has 0 aliphatic heterocycles. The van der Waals surface area contributed by atoms with Gasteiger partial charge < -0.3 is 14.6 Å². The Balaban J connectivity index is 1.82. The third-order valence-corrected chi connectivity index (χ3v) is 4.29. The van der Waals surface area contributed by atoms with Crippen LogP contribution in [0.25, 0.3) is 10.8 Å². The molecule has 2 N–H and O–H groups in total. The van der Waals surface area contributed by atoms with E-state index < -0.39 is 5.91 Å². The lowest BCUT2D eigenvalue weighted by Gasteiger charge is -2.12. The minimum atomic E-state index is -0.501. The van der Waals surface area contributed by atoms with Crippen molar-refractivity contribution in [3.05, 3.63) is 65.2 Å². The molecule has 0 radical (unpaired) electrons. The zero-order valence-electron chi connectivity index (χ0n) is 15.3. The van der Waals surface area contributed by atoms with E-state index >= 15 is 0 Å². The molecule has 1 amide bonds. The van der Waals surface area contributed by atoms with E-state index in [4.69, 9.17) is 9.47 Å². The topological polar surface area (TPSA) is 80.2 Å². The average molecular weight is 364 g/mol. The first-order valence-electron chi connectivity index (χ1n) is 8.32. The molecular weight excluding hydrogens is 344 g/mol. The maximum Gasteiger partial charge on any atom is 0.275 e. The monoisotopic (exact) mass is 364 g/mol. The summed E-state index contributed by atoms with van der Waals surface area (Å²) in [6.07, 6.45) is 1.49. The van der Waals surface area contributed by atoms with E-state index in [1.807, 2.05) is 31.2 Å². The summed E-state index contributed by atoms with van der Waals surface area (Å²) in [4.78, 5) is 12.4. The number of methoxy groups -OCH3 is 2. The molecule has 0 fully saturated rings. The highest BCUT2D eigenvalue weighted by Crippen LogP contribution is 2.30. The van der Waals surface area contributed by atoms with Gasteiger partial charge >= 0.3 is 0 Å². The molecule has 6 nitrogen and oxygen atoms in total. The lowest BCUT2D eigenvalue weighted by molar-refractivity contribution is 0.0952. The van der Waals surface area contributed by atoms with Crippen molar-refractivity contribution in [3.8, 4) is 17.2 Å². The molecule has 3 rings (SSSR count). The van der Waals surface area contributed by atoms with Gasteiger partial charge in [0.1, 0.15) is 17.2 Å². The maximum absolute atomic E-state index is 12.4. The lowest BCUT2D eigenvalue weighted by atomic mass is 10.1. The van der Waals surface area contributed by atoms with Gasteiger partial charge in [0.05, 0.1) is 26.0 Å². The van der Waals surface area contributed by atoms with Gasteiger partial charge in [-0.3, -0.25) is 4.79 Å². The average Bonchev–Trinajstić information content (AvgIpc) is 2.67. The quantitative estimate of drug-likeness (QED) is 0.535. The van der Waals surface area contributed by atoms with Crippen LogP contribution in [-0.4, -0.2) is 31.4 Å². The third kappa shape index (κ3) is 3.69. The van der Waals surface area contributed by atoms with Crippen LogP contribution in [0.2, 0.25) is 0 Å². The van der Waals surface area contributed by atoms with E-state index in [-0.39, 0.29) is 11.3 Å². The number of hydrazone groups is 1. The molecule has 6 heteroatoms. The molecule has 27 heavy (non-hydrogen) atoms. The van der Waals surface area contributed by atoms with Crippen molar-refractivity contribution in [3.63, 3.8) is 0 Å². The normalized spacial score (nSPS) is 10.9. The minimum absolute atomic E-state index is 0.0979. The Morgan fingerprint density at radius 1 is 1.07 bits per heavy atom. The molecule has 0 aromatic heterocycles. The molecule has 0 saturated heterocycles. The number of phenolic OH excluding ortho intramolecular Hbond substituents is 1. The largest absolute Gasteiger partial charge is 0.507 e. The molecule has 0 atom stereocenters. The zero-order chi connectivity index (χ0) is 19.4. The summed E-state index contributed by atoms with van der Waals surface area (Å²) in [5.41, 5.74) is 4.12. The van der Waals surface area contributed by atoms with Gasteiger partial charge in [-0.05, 0) is 42.0 Å². The Labute approximate surface area is 157 Å². The summed E-state index contributed by atoms with van der Waals surface area (Å²) in [7, 11) is 3.15. The van der Waals surface area contributed by atoms with Crippen LogP contribution in [0.5, 0.6) is 17.2 Å². The second-order valence-corrected chi connectivity index (χ2v) is 5.93. The summed E-state index contributed by atoms with van der Waals surface area (Å²) in [5.74, 6) is 0.716. The number of fused-ring (bicyclic) bond motifs is 1. The van der Waals surface area contributed by atoms with Crippen molar-refractivity contribution in [1.82, 2.24) is 5.43 Å². The standard InChI is InChI=1S/C21H20N2O4/c1-13-19(26-2)9-8-16(20(13)27-3)12-22-23-21(25)17-10-14-6-4-5-7-15(14)11-18(17)24/h4-12,24H,1-3H3,(H,23,25). The number of carbonyl (C=O) groups excluding carboxylic acids is 1. The predicted octanol–water partition coefficient (Wildman–Crippen LogP) is 3.63. The number of hydrogen-bond donors (Lipinski definition) is 2. The van der Waals surface area contributed by atoms with Crippen LogP contribution in [0.1, 0.15) is 21.5 Å². The smallest absolute Gasteiger partial charge is 0.275 e. The first-order valence-corrected chi connectivity index (χ1v) is 8.32. The van der Waals surface area contributed by atoms with Crippen LogP contribution in [0.4, 0.5) is 0 Å². The van der Waals surface area contributed by atoms with Crippen molar-refractivity contribution >= 4 is 22.9 Å². The van der Waals surface area contributed by atoms with Crippen molar-refractivity contribution in [1.29, 1.82) is 0 Å². The number of amides is 1. The molecule has 0 bridgehead atoms. The summed E-state index contributed by atoms with van der Waals surface area (Å²) in [5, 5.41) is 15.8. The van der Waals surface area contributed by atoms with E-state index in [1.165, 1.54) is 6.21 Å². The van der Waals surface area contributed by atoms with E-state index in [1.54, 1.807) is 38.5 Å². The third-order valence-electron chi connectivity index (χ3n) is 4.29. The summed E-state index contributed by atoms with van der Waals surface area (Å²) >= 11 is 0. The van der Waals surface area contributed by atoms with Crippen LogP contribution in [0, 0.1) is 6.92 Å². The first-order chi connectivity index (χ1) is 13.0. The highest BCUT2D eigenvalue weighted by atomic mass is 16.5. The van der Waals surface area contributed by atoms with Gasteiger partial charge in [-0.2, -0.15) is 5.10 Å². The van der Waals surface area contributed by atoms with E-state index in [0.29, 0.717) is 17.1 Å². The number of nitrogens with one attached hydrogen (secondary N) is 1. The fourth-order valence-corrected chi connectivity index (χ4v) is 2.92. The van der Waals surface area contributed by atoms with E-state index in [9.17, 15) is 9.90 Å². The minimum Gasteiger partial charge on any atom is -0.507 e. The Bertz CT molecular complexity index is 1030. The number of carbonyl (C=O) groups is 1. The fourth-order valence-electron chi connectivity index (χ4n) is 2.92. The second-order valence-electron chi connectivity index (χ2n) is 5.93. The SMILES string of the molecule is COc1ccc(C=NNC(=O)c2cc3ccccc3cc2O)c(OC)c1C. The molecular formula is C21H20N2O4. The number of ether oxygens (including phenoxy) is 2. The molecule has 0 spiro atoms. The summed E-state index contributed by atoms with van der Waals surface area (Å²) in [6.45, 7) is 1.88. The molecule has 0 aliphatic rings. The van der Waals surface area contributed by atoms with E-state index in [2.05, 4.69) is 10.5 Å². The number of hydrogen-bond acceptors (Lipinski definition) is 5. The van der Waals surface area contributed by atoms with Gasteiger partial charge in [0, 0.05) is 11.1 Å². The molecule has 3 aromatic rings. The van der Waals surface area contributed by atoms with Crippen LogP contribution in [-0.2, 0) is 0 Å². The van der Waals surface area contributed by atoms with Crippen molar-refractivity contribution in [2.45, 2.75) is 6.92 Å². The van der Waals surface area contributed by atoms with Crippen LogP contribution < -0.4 is 14.9 Å². The van der Waals surface area contributed by atoms with Crippen LogP contribution in [0.15, 0.2) is 53.6 Å². The van der Waals surface area contributed by atoms with Gasteiger partial charge in [-0.1, -0.05) is 24.3 Å². The fraction of sp³-hybridized carbons (Fsp3) is 0.143. The lowest BCUT2D eigenvalue weighted by Crippen LogP contribution is -2.17. The Hall–Kier alpha value is -3.54. The first kappa shape index (κ1) is 18.3. The Morgan fingerprint density at radius 3 is 2.44 bits per heavy atom. The van der Waals surface area contributed by atoms with Gasteiger partial charge in [0.15, 0.2) is 0 Å². The molecule has 0 aliphatic carbocycles. The molecule has 3 aromatic carbocycles. The molecule has 0 saturated carbocycles. The van der Waals surface area contributed by atoms with Crippen molar-refractivity contribution in [2.24, 2.45) is 5.10 Å².